The summed E-state index contributed by atoms with van der Waals surface area (Å²) in [5.41, 5.74) is 0.530. The Morgan fingerprint density at radius 1 is 1.62 bits per heavy atom. The molecular formula is C10H13BrN4O. The minimum absolute atomic E-state index is 0.165. The monoisotopic (exact) mass is 284 g/mol. The molecule has 6 heteroatoms. The second-order valence-corrected chi connectivity index (χ2v) is 4.14. The molecule has 0 fully saturated rings. The van der Waals surface area contributed by atoms with Crippen molar-refractivity contribution in [1.29, 1.82) is 5.26 Å². The van der Waals surface area contributed by atoms with Crippen LogP contribution in [0, 0.1) is 11.3 Å². The molecule has 0 bridgehead atoms. The summed E-state index contributed by atoms with van der Waals surface area (Å²) in [5, 5.41) is 15.4. The summed E-state index contributed by atoms with van der Waals surface area (Å²) in [6.45, 7) is 0.731. The van der Waals surface area contributed by atoms with E-state index in [1.807, 2.05) is 0 Å². The van der Waals surface area contributed by atoms with Gasteiger partial charge in [0.25, 0.3) is 5.56 Å². The molecule has 0 saturated carbocycles. The third-order valence-corrected chi connectivity index (χ3v) is 2.88. The van der Waals surface area contributed by atoms with E-state index in [0.717, 1.165) is 19.4 Å². The second kappa shape index (κ2) is 6.28. The maximum absolute atomic E-state index is 11.5. The first-order chi connectivity index (χ1) is 7.66. The lowest BCUT2D eigenvalue weighted by Gasteiger charge is -2.07. The van der Waals surface area contributed by atoms with Gasteiger partial charge >= 0.3 is 0 Å². The molecule has 1 aromatic heterocycles. The average molecular weight is 285 g/mol. The molecule has 0 saturated heterocycles. The van der Waals surface area contributed by atoms with Crippen molar-refractivity contribution in [3.05, 3.63) is 21.0 Å². The van der Waals surface area contributed by atoms with Crippen molar-refractivity contribution in [1.82, 2.24) is 9.78 Å². The van der Waals surface area contributed by atoms with Gasteiger partial charge in [-0.2, -0.15) is 10.4 Å². The number of nitriles is 1. The van der Waals surface area contributed by atoms with Crippen LogP contribution in [-0.4, -0.2) is 16.3 Å². The number of hydrogen-bond acceptors (Lipinski definition) is 4. The zero-order valence-corrected chi connectivity index (χ0v) is 10.6. The minimum Gasteiger partial charge on any atom is -0.383 e. The van der Waals surface area contributed by atoms with Crippen LogP contribution in [0.5, 0.6) is 0 Å². The van der Waals surface area contributed by atoms with Gasteiger partial charge in [-0.05, 0) is 28.8 Å². The third kappa shape index (κ3) is 3.35. The van der Waals surface area contributed by atoms with Gasteiger partial charge in [-0.25, -0.2) is 4.68 Å². The topological polar surface area (TPSA) is 70.7 Å². The third-order valence-electron chi connectivity index (χ3n) is 2.11. The SMILES string of the molecule is Cn1ncc(NCCCCC#N)c(Br)c1=O. The summed E-state index contributed by atoms with van der Waals surface area (Å²) in [7, 11) is 1.60. The number of anilines is 1. The molecule has 0 amide bonds. The van der Waals surface area contributed by atoms with Crippen LogP contribution in [-0.2, 0) is 7.05 Å². The zero-order valence-electron chi connectivity index (χ0n) is 9.03. The first-order valence-electron chi connectivity index (χ1n) is 4.99. The van der Waals surface area contributed by atoms with Crippen LogP contribution in [0.15, 0.2) is 15.5 Å². The molecule has 16 heavy (non-hydrogen) atoms. The van der Waals surface area contributed by atoms with E-state index < -0.39 is 0 Å². The molecule has 0 spiro atoms. The number of nitrogens with one attached hydrogen (secondary N) is 1. The molecule has 1 aromatic rings. The van der Waals surface area contributed by atoms with Gasteiger partial charge in [-0.15, -0.1) is 0 Å². The Bertz CT molecular complexity index is 449. The predicted octanol–water partition coefficient (Wildman–Crippen LogP) is 1.65. The van der Waals surface area contributed by atoms with E-state index in [0.29, 0.717) is 16.6 Å². The Labute approximate surface area is 102 Å². The fraction of sp³-hybridized carbons (Fsp3) is 0.500. The van der Waals surface area contributed by atoms with Crippen LogP contribution in [0.2, 0.25) is 0 Å². The standard InChI is InChI=1S/C10H13BrN4O/c1-15-10(16)9(11)8(7-14-15)13-6-4-2-3-5-12/h7,13H,2-4,6H2,1H3. The summed E-state index contributed by atoms with van der Waals surface area (Å²) >= 11 is 3.23. The molecule has 86 valence electrons. The number of hydrogen-bond donors (Lipinski definition) is 1. The van der Waals surface area contributed by atoms with E-state index in [9.17, 15) is 4.79 Å². The van der Waals surface area contributed by atoms with E-state index in [1.54, 1.807) is 13.2 Å². The smallest absolute Gasteiger partial charge is 0.282 e. The van der Waals surface area contributed by atoms with E-state index in [-0.39, 0.29) is 5.56 Å². The maximum Gasteiger partial charge on any atom is 0.282 e. The molecule has 1 rings (SSSR count). The summed E-state index contributed by atoms with van der Waals surface area (Å²) in [5.74, 6) is 0. The Hall–Kier alpha value is -1.35. The number of aromatic nitrogens is 2. The van der Waals surface area contributed by atoms with Crippen molar-refractivity contribution < 1.29 is 0 Å². The van der Waals surface area contributed by atoms with Gasteiger partial charge in [-0.1, -0.05) is 0 Å². The Morgan fingerprint density at radius 2 is 2.38 bits per heavy atom. The minimum atomic E-state index is -0.165. The first kappa shape index (κ1) is 12.7. The molecule has 0 radical (unpaired) electrons. The molecule has 0 aliphatic carbocycles. The normalized spacial score (nSPS) is 9.81. The number of unbranched alkanes of at least 4 members (excludes halogenated alkanes) is 2. The van der Waals surface area contributed by atoms with Gasteiger partial charge in [-0.3, -0.25) is 4.79 Å². The quantitative estimate of drug-likeness (QED) is 0.835. The predicted molar refractivity (Wildman–Crippen MR) is 65.1 cm³/mol. The van der Waals surface area contributed by atoms with Gasteiger partial charge in [0.05, 0.1) is 18.0 Å². The summed E-state index contributed by atoms with van der Waals surface area (Å²) in [6, 6.07) is 2.09. The second-order valence-electron chi connectivity index (χ2n) is 3.34. The van der Waals surface area contributed by atoms with Crippen molar-refractivity contribution in [2.75, 3.05) is 11.9 Å². The Balaban J connectivity index is 2.53. The maximum atomic E-state index is 11.5. The molecule has 5 nitrogen and oxygen atoms in total. The van der Waals surface area contributed by atoms with Crippen molar-refractivity contribution >= 4 is 21.6 Å². The van der Waals surface area contributed by atoms with Gasteiger partial charge in [0.15, 0.2) is 0 Å². The molecular weight excluding hydrogens is 272 g/mol. The van der Waals surface area contributed by atoms with Crippen LogP contribution >= 0.6 is 15.9 Å². The van der Waals surface area contributed by atoms with Crippen LogP contribution in [0.3, 0.4) is 0 Å². The highest BCUT2D eigenvalue weighted by atomic mass is 79.9. The van der Waals surface area contributed by atoms with E-state index >= 15 is 0 Å². The molecule has 0 aromatic carbocycles. The van der Waals surface area contributed by atoms with E-state index in [1.165, 1.54) is 4.68 Å². The molecule has 0 unspecified atom stereocenters. The highest BCUT2D eigenvalue weighted by molar-refractivity contribution is 9.10. The van der Waals surface area contributed by atoms with E-state index in [2.05, 4.69) is 32.4 Å². The molecule has 1 N–H and O–H groups in total. The fourth-order valence-corrected chi connectivity index (χ4v) is 1.69. The lowest BCUT2D eigenvalue weighted by Crippen LogP contribution is -2.21. The number of rotatable bonds is 5. The van der Waals surface area contributed by atoms with Crippen molar-refractivity contribution in [2.45, 2.75) is 19.3 Å². The first-order valence-corrected chi connectivity index (χ1v) is 5.78. The molecule has 0 aliphatic heterocycles. The zero-order chi connectivity index (χ0) is 12.0. The number of aryl methyl sites for hydroxylation is 1. The lowest BCUT2D eigenvalue weighted by molar-refractivity contribution is 0.701. The summed E-state index contributed by atoms with van der Waals surface area (Å²) in [4.78, 5) is 11.5. The summed E-state index contributed by atoms with van der Waals surface area (Å²) in [6.07, 6.45) is 3.93. The van der Waals surface area contributed by atoms with Gasteiger partial charge in [0, 0.05) is 20.0 Å². The van der Waals surface area contributed by atoms with Gasteiger partial charge in [0.1, 0.15) is 4.47 Å². The van der Waals surface area contributed by atoms with Crippen LogP contribution < -0.4 is 10.9 Å². The van der Waals surface area contributed by atoms with Crippen LogP contribution in [0.4, 0.5) is 5.69 Å². The van der Waals surface area contributed by atoms with Crippen molar-refractivity contribution in [3.8, 4) is 6.07 Å². The highest BCUT2D eigenvalue weighted by Crippen LogP contribution is 2.15. The average Bonchev–Trinajstić information content (AvgIpc) is 2.28. The van der Waals surface area contributed by atoms with Crippen LogP contribution in [0.1, 0.15) is 19.3 Å². The number of nitrogens with zero attached hydrogens (tertiary/aromatic N) is 3. The fourth-order valence-electron chi connectivity index (χ4n) is 1.19. The van der Waals surface area contributed by atoms with Gasteiger partial charge < -0.3 is 5.32 Å². The largest absolute Gasteiger partial charge is 0.383 e. The Kier molecular flexibility index (Phi) is 4.99. The molecule has 0 aliphatic rings. The van der Waals surface area contributed by atoms with Crippen molar-refractivity contribution in [3.63, 3.8) is 0 Å². The van der Waals surface area contributed by atoms with Crippen molar-refractivity contribution in [2.24, 2.45) is 7.05 Å². The number of halogens is 1. The molecule has 0 atom stereocenters. The molecule has 1 heterocycles. The Morgan fingerprint density at radius 3 is 3.06 bits per heavy atom. The van der Waals surface area contributed by atoms with Crippen LogP contribution in [0.25, 0.3) is 0 Å². The van der Waals surface area contributed by atoms with E-state index in [4.69, 9.17) is 5.26 Å². The lowest BCUT2D eigenvalue weighted by atomic mass is 10.2. The summed E-state index contributed by atoms with van der Waals surface area (Å²) < 4.78 is 1.76. The highest BCUT2D eigenvalue weighted by Gasteiger charge is 2.05. The van der Waals surface area contributed by atoms with Gasteiger partial charge in [0.2, 0.25) is 0 Å².